The molecule has 0 aliphatic carbocycles. The summed E-state index contributed by atoms with van der Waals surface area (Å²) in [5, 5.41) is 3.40. The average molecular weight is 161 g/mol. The van der Waals surface area contributed by atoms with Crippen molar-refractivity contribution in [1.29, 1.82) is 0 Å². The minimum atomic E-state index is 0.835. The second-order valence-electron chi connectivity index (χ2n) is 2.93. The molecule has 0 aliphatic heterocycles. The van der Waals surface area contributed by atoms with Crippen molar-refractivity contribution in [2.45, 2.75) is 20.3 Å². The molecule has 0 heterocycles. The Hall–Kier alpha value is 0.310. The summed E-state index contributed by atoms with van der Waals surface area (Å²) < 4.78 is 0. The number of rotatable bonds is 6. The third kappa shape index (κ3) is 8.31. The van der Waals surface area contributed by atoms with Crippen molar-refractivity contribution in [3.63, 3.8) is 0 Å². The zero-order valence-corrected chi connectivity index (χ0v) is 8.13. The van der Waals surface area contributed by atoms with E-state index >= 15 is 0 Å². The number of thioether (sulfide) groups is 1. The van der Waals surface area contributed by atoms with Crippen molar-refractivity contribution < 1.29 is 0 Å². The van der Waals surface area contributed by atoms with E-state index < -0.39 is 0 Å². The molecule has 0 amide bonds. The number of hydrogen-bond acceptors (Lipinski definition) is 2. The minimum Gasteiger partial charge on any atom is -0.316 e. The maximum absolute atomic E-state index is 3.40. The summed E-state index contributed by atoms with van der Waals surface area (Å²) in [5.74, 6) is 2.07. The van der Waals surface area contributed by atoms with Gasteiger partial charge in [0.25, 0.3) is 0 Å². The Balaban J connectivity index is 2.77. The van der Waals surface area contributed by atoms with Gasteiger partial charge in [-0.05, 0) is 25.1 Å². The first kappa shape index (κ1) is 10.3. The highest BCUT2D eigenvalue weighted by Gasteiger charge is 1.91. The second-order valence-corrected chi connectivity index (χ2v) is 3.91. The lowest BCUT2D eigenvalue weighted by molar-refractivity contribution is 0.547. The third-order valence-electron chi connectivity index (χ3n) is 1.38. The maximum atomic E-state index is 3.40. The van der Waals surface area contributed by atoms with E-state index in [1.807, 2.05) is 11.8 Å². The molecule has 0 aromatic heterocycles. The standard InChI is InChI=1S/C8H19NS/c1-8(2)4-5-9-6-7-10-3/h8-9H,4-7H2,1-3H3. The minimum absolute atomic E-state index is 0.835. The molecule has 1 nitrogen and oxygen atoms in total. The molecule has 0 rings (SSSR count). The third-order valence-corrected chi connectivity index (χ3v) is 1.99. The normalized spacial score (nSPS) is 10.8. The van der Waals surface area contributed by atoms with Crippen LogP contribution in [-0.2, 0) is 0 Å². The van der Waals surface area contributed by atoms with Crippen LogP contribution in [0.4, 0.5) is 0 Å². The fourth-order valence-corrected chi connectivity index (χ4v) is 1.04. The van der Waals surface area contributed by atoms with Crippen molar-refractivity contribution in [1.82, 2.24) is 5.32 Å². The first-order valence-electron chi connectivity index (χ1n) is 3.97. The average Bonchev–Trinajstić information content (AvgIpc) is 1.87. The number of hydrogen-bond donors (Lipinski definition) is 1. The summed E-state index contributed by atoms with van der Waals surface area (Å²) in [6.07, 6.45) is 3.44. The van der Waals surface area contributed by atoms with Crippen LogP contribution in [0, 0.1) is 5.92 Å². The number of nitrogens with one attached hydrogen (secondary N) is 1. The topological polar surface area (TPSA) is 12.0 Å². The highest BCUT2D eigenvalue weighted by Crippen LogP contribution is 1.96. The summed E-state index contributed by atoms with van der Waals surface area (Å²) in [6.45, 7) is 6.86. The van der Waals surface area contributed by atoms with Gasteiger partial charge in [-0.1, -0.05) is 13.8 Å². The van der Waals surface area contributed by atoms with E-state index in [2.05, 4.69) is 25.4 Å². The van der Waals surface area contributed by atoms with Gasteiger partial charge in [0.1, 0.15) is 0 Å². The van der Waals surface area contributed by atoms with E-state index in [1.165, 1.54) is 18.7 Å². The Morgan fingerprint density at radius 3 is 2.50 bits per heavy atom. The molecule has 0 radical (unpaired) electrons. The highest BCUT2D eigenvalue weighted by atomic mass is 32.2. The van der Waals surface area contributed by atoms with Crippen LogP contribution < -0.4 is 5.32 Å². The summed E-state index contributed by atoms with van der Waals surface area (Å²) >= 11 is 1.90. The van der Waals surface area contributed by atoms with E-state index in [-0.39, 0.29) is 0 Å². The van der Waals surface area contributed by atoms with Gasteiger partial charge in [-0.3, -0.25) is 0 Å². The molecule has 0 unspecified atom stereocenters. The van der Waals surface area contributed by atoms with Gasteiger partial charge in [-0.15, -0.1) is 0 Å². The molecule has 0 saturated carbocycles. The van der Waals surface area contributed by atoms with Crippen molar-refractivity contribution in [3.8, 4) is 0 Å². The molecule has 0 spiro atoms. The van der Waals surface area contributed by atoms with Crippen LogP contribution in [0.15, 0.2) is 0 Å². The van der Waals surface area contributed by atoms with Crippen LogP contribution >= 0.6 is 11.8 Å². The molecular weight excluding hydrogens is 142 g/mol. The van der Waals surface area contributed by atoms with Crippen molar-refractivity contribution in [2.24, 2.45) is 5.92 Å². The van der Waals surface area contributed by atoms with Crippen LogP contribution in [0.25, 0.3) is 0 Å². The Bertz CT molecular complexity index is 64.3. The van der Waals surface area contributed by atoms with Crippen LogP contribution in [0.1, 0.15) is 20.3 Å². The Kier molecular flexibility index (Phi) is 7.65. The Labute approximate surface area is 69.0 Å². The molecule has 0 fully saturated rings. The highest BCUT2D eigenvalue weighted by molar-refractivity contribution is 7.98. The SMILES string of the molecule is CSCCNCCC(C)C. The largest absolute Gasteiger partial charge is 0.316 e. The van der Waals surface area contributed by atoms with E-state index in [4.69, 9.17) is 0 Å². The summed E-state index contributed by atoms with van der Waals surface area (Å²) in [7, 11) is 0. The molecule has 62 valence electrons. The lowest BCUT2D eigenvalue weighted by atomic mass is 10.1. The van der Waals surface area contributed by atoms with Gasteiger partial charge in [-0.2, -0.15) is 11.8 Å². The summed E-state index contributed by atoms with van der Waals surface area (Å²) in [5.41, 5.74) is 0. The zero-order valence-electron chi connectivity index (χ0n) is 7.31. The maximum Gasteiger partial charge on any atom is 0.00553 e. The lowest BCUT2D eigenvalue weighted by Gasteiger charge is -2.05. The molecule has 0 saturated heterocycles. The van der Waals surface area contributed by atoms with Crippen LogP contribution in [0.3, 0.4) is 0 Å². The Morgan fingerprint density at radius 2 is 2.00 bits per heavy atom. The molecule has 2 heteroatoms. The summed E-state index contributed by atoms with van der Waals surface area (Å²) in [4.78, 5) is 0. The van der Waals surface area contributed by atoms with E-state index in [9.17, 15) is 0 Å². The van der Waals surface area contributed by atoms with Gasteiger partial charge < -0.3 is 5.32 Å². The van der Waals surface area contributed by atoms with Crippen LogP contribution in [0.5, 0.6) is 0 Å². The molecule has 0 bridgehead atoms. The molecule has 0 atom stereocenters. The lowest BCUT2D eigenvalue weighted by Crippen LogP contribution is -2.19. The molecule has 0 aromatic carbocycles. The van der Waals surface area contributed by atoms with Crippen molar-refractivity contribution >= 4 is 11.8 Å². The molecule has 1 N–H and O–H groups in total. The van der Waals surface area contributed by atoms with Gasteiger partial charge in [0.05, 0.1) is 0 Å². The van der Waals surface area contributed by atoms with E-state index in [0.717, 1.165) is 12.5 Å². The van der Waals surface area contributed by atoms with Crippen molar-refractivity contribution in [3.05, 3.63) is 0 Å². The van der Waals surface area contributed by atoms with Gasteiger partial charge in [0.15, 0.2) is 0 Å². The Morgan fingerprint density at radius 1 is 1.30 bits per heavy atom. The van der Waals surface area contributed by atoms with Gasteiger partial charge >= 0.3 is 0 Å². The van der Waals surface area contributed by atoms with E-state index in [0.29, 0.717) is 0 Å². The predicted molar refractivity (Wildman–Crippen MR) is 50.7 cm³/mol. The first-order chi connectivity index (χ1) is 4.77. The first-order valence-corrected chi connectivity index (χ1v) is 5.36. The smallest absolute Gasteiger partial charge is 0.00553 e. The molecule has 10 heavy (non-hydrogen) atoms. The van der Waals surface area contributed by atoms with Crippen molar-refractivity contribution in [2.75, 3.05) is 25.1 Å². The van der Waals surface area contributed by atoms with Gasteiger partial charge in [0.2, 0.25) is 0 Å². The van der Waals surface area contributed by atoms with Crippen LogP contribution in [0.2, 0.25) is 0 Å². The summed E-state index contributed by atoms with van der Waals surface area (Å²) in [6, 6.07) is 0. The molecule has 0 aromatic rings. The van der Waals surface area contributed by atoms with Crippen LogP contribution in [-0.4, -0.2) is 25.1 Å². The fraction of sp³-hybridized carbons (Fsp3) is 1.00. The monoisotopic (exact) mass is 161 g/mol. The van der Waals surface area contributed by atoms with E-state index in [1.54, 1.807) is 0 Å². The fourth-order valence-electron chi connectivity index (χ4n) is 0.690. The van der Waals surface area contributed by atoms with Gasteiger partial charge in [0, 0.05) is 12.3 Å². The predicted octanol–water partition coefficient (Wildman–Crippen LogP) is 1.99. The molecular formula is C8H19NS. The van der Waals surface area contributed by atoms with Gasteiger partial charge in [-0.25, -0.2) is 0 Å². The quantitative estimate of drug-likeness (QED) is 0.598. The molecule has 0 aliphatic rings. The second kappa shape index (κ2) is 7.42. The zero-order chi connectivity index (χ0) is 7.82.